The Bertz CT molecular complexity index is 805. The molecular formula is C21H27F2N3O2. The quantitative estimate of drug-likeness (QED) is 0.781. The number of piperidine rings is 1. The van der Waals surface area contributed by atoms with Crippen LogP contribution in [0.4, 0.5) is 14.5 Å². The Balaban J connectivity index is 1.34. The molecule has 1 aromatic heterocycles. The summed E-state index contributed by atoms with van der Waals surface area (Å²) in [6.45, 7) is 5.52. The Labute approximate surface area is 164 Å². The maximum absolute atomic E-state index is 13.5. The first kappa shape index (κ1) is 19.3. The fourth-order valence-corrected chi connectivity index (χ4v) is 4.58. The highest BCUT2D eigenvalue weighted by atomic mass is 19.2. The van der Waals surface area contributed by atoms with Crippen LogP contribution in [0.15, 0.2) is 28.8 Å². The summed E-state index contributed by atoms with van der Waals surface area (Å²) in [6, 6.07) is 6.64. The van der Waals surface area contributed by atoms with Crippen molar-refractivity contribution in [3.63, 3.8) is 0 Å². The lowest BCUT2D eigenvalue weighted by Crippen LogP contribution is -2.44. The second-order valence-electron chi connectivity index (χ2n) is 7.94. The summed E-state index contributed by atoms with van der Waals surface area (Å²) >= 11 is 0. The standard InChI is InChI=1S/C21H27F2N3O2/c1-14-9-18(28-24-14)10-15-12-26(13-21(15)27-2)16-5-7-25(8-6-16)17-3-4-19(22)20(23)11-17/h3-4,9,11,15-16,21H,5-8,10,12-13H2,1-2H3/t15-,21+/m1/s1. The summed E-state index contributed by atoms with van der Waals surface area (Å²) in [4.78, 5) is 4.66. The summed E-state index contributed by atoms with van der Waals surface area (Å²) in [7, 11) is 1.78. The number of anilines is 1. The van der Waals surface area contributed by atoms with Crippen LogP contribution >= 0.6 is 0 Å². The maximum atomic E-state index is 13.5. The number of nitrogens with zero attached hydrogens (tertiary/aromatic N) is 3. The van der Waals surface area contributed by atoms with Gasteiger partial charge in [0.2, 0.25) is 0 Å². The largest absolute Gasteiger partial charge is 0.380 e. The highest BCUT2D eigenvalue weighted by Crippen LogP contribution is 2.30. The fourth-order valence-electron chi connectivity index (χ4n) is 4.58. The van der Waals surface area contributed by atoms with Gasteiger partial charge >= 0.3 is 0 Å². The monoisotopic (exact) mass is 391 g/mol. The predicted octanol–water partition coefficient (Wildman–Crippen LogP) is 3.42. The van der Waals surface area contributed by atoms with E-state index in [0.717, 1.165) is 62.6 Å². The number of hydrogen-bond donors (Lipinski definition) is 0. The van der Waals surface area contributed by atoms with E-state index >= 15 is 0 Å². The summed E-state index contributed by atoms with van der Waals surface area (Å²) in [6.07, 6.45) is 3.03. The Morgan fingerprint density at radius 2 is 1.93 bits per heavy atom. The van der Waals surface area contributed by atoms with Crippen molar-refractivity contribution in [2.45, 2.75) is 38.3 Å². The van der Waals surface area contributed by atoms with Crippen molar-refractivity contribution in [1.29, 1.82) is 0 Å². The van der Waals surface area contributed by atoms with Gasteiger partial charge in [-0.25, -0.2) is 8.78 Å². The van der Waals surface area contributed by atoms with Gasteiger partial charge in [-0.1, -0.05) is 5.16 Å². The topological polar surface area (TPSA) is 41.7 Å². The molecule has 0 N–H and O–H groups in total. The molecular weight excluding hydrogens is 364 g/mol. The van der Waals surface area contributed by atoms with Crippen LogP contribution in [0.1, 0.15) is 24.3 Å². The number of likely N-dealkylation sites (tertiary alicyclic amines) is 1. The van der Waals surface area contributed by atoms with Crippen LogP contribution in [0.5, 0.6) is 0 Å². The average molecular weight is 391 g/mol. The molecule has 0 unspecified atom stereocenters. The molecule has 0 saturated carbocycles. The highest BCUT2D eigenvalue weighted by molar-refractivity contribution is 5.47. The maximum Gasteiger partial charge on any atom is 0.160 e. The number of benzene rings is 1. The third-order valence-electron chi connectivity index (χ3n) is 6.10. The molecule has 2 aliphatic heterocycles. The predicted molar refractivity (Wildman–Crippen MR) is 102 cm³/mol. The molecule has 2 saturated heterocycles. The minimum atomic E-state index is -0.797. The van der Waals surface area contributed by atoms with Gasteiger partial charge in [-0.2, -0.15) is 0 Å². The van der Waals surface area contributed by atoms with Crippen molar-refractivity contribution in [2.75, 3.05) is 38.2 Å². The first-order valence-electron chi connectivity index (χ1n) is 9.92. The number of ether oxygens (including phenoxy) is 1. The second kappa shape index (κ2) is 8.17. The van der Waals surface area contributed by atoms with Crippen molar-refractivity contribution in [1.82, 2.24) is 10.1 Å². The molecule has 28 heavy (non-hydrogen) atoms. The van der Waals surface area contributed by atoms with Gasteiger partial charge in [-0.05, 0) is 31.9 Å². The molecule has 0 amide bonds. The Morgan fingerprint density at radius 1 is 1.14 bits per heavy atom. The summed E-state index contributed by atoms with van der Waals surface area (Å²) < 4.78 is 37.8. The van der Waals surface area contributed by atoms with E-state index in [-0.39, 0.29) is 6.10 Å². The molecule has 0 radical (unpaired) electrons. The lowest BCUT2D eigenvalue weighted by atomic mass is 10.00. The van der Waals surface area contributed by atoms with Gasteiger partial charge in [-0.15, -0.1) is 0 Å². The van der Waals surface area contributed by atoms with E-state index in [1.807, 2.05) is 13.0 Å². The smallest absolute Gasteiger partial charge is 0.160 e. The zero-order valence-electron chi connectivity index (χ0n) is 16.4. The molecule has 7 heteroatoms. The van der Waals surface area contributed by atoms with Gasteiger partial charge in [0, 0.05) is 69.5 Å². The normalized spacial score (nSPS) is 24.2. The molecule has 0 spiro atoms. The molecule has 0 aliphatic carbocycles. The van der Waals surface area contributed by atoms with E-state index in [4.69, 9.17) is 9.26 Å². The number of halogens is 2. The van der Waals surface area contributed by atoms with Crippen LogP contribution in [-0.4, -0.2) is 55.5 Å². The van der Waals surface area contributed by atoms with Crippen LogP contribution in [-0.2, 0) is 11.2 Å². The third-order valence-corrected chi connectivity index (χ3v) is 6.10. The summed E-state index contributed by atoms with van der Waals surface area (Å²) in [5, 5.41) is 3.98. The summed E-state index contributed by atoms with van der Waals surface area (Å²) in [5.74, 6) is -0.275. The number of hydrogen-bond acceptors (Lipinski definition) is 5. The van der Waals surface area contributed by atoms with Gasteiger partial charge in [0.05, 0.1) is 11.8 Å². The first-order chi connectivity index (χ1) is 13.5. The van der Waals surface area contributed by atoms with E-state index in [1.165, 1.54) is 12.1 Å². The lowest BCUT2D eigenvalue weighted by molar-refractivity contribution is 0.0728. The van der Waals surface area contributed by atoms with Gasteiger partial charge in [-0.3, -0.25) is 4.90 Å². The van der Waals surface area contributed by atoms with E-state index in [2.05, 4.69) is 15.0 Å². The van der Waals surface area contributed by atoms with E-state index in [0.29, 0.717) is 12.0 Å². The number of methoxy groups -OCH3 is 1. The van der Waals surface area contributed by atoms with Gasteiger partial charge in [0.1, 0.15) is 5.76 Å². The zero-order valence-corrected chi connectivity index (χ0v) is 16.4. The molecule has 4 rings (SSSR count). The molecule has 3 heterocycles. The Morgan fingerprint density at radius 3 is 2.57 bits per heavy atom. The summed E-state index contributed by atoms with van der Waals surface area (Å²) in [5.41, 5.74) is 1.66. The lowest BCUT2D eigenvalue weighted by Gasteiger charge is -2.38. The molecule has 0 bridgehead atoms. The van der Waals surface area contributed by atoms with Crippen molar-refractivity contribution in [2.24, 2.45) is 5.92 Å². The minimum Gasteiger partial charge on any atom is -0.380 e. The van der Waals surface area contributed by atoms with Crippen LogP contribution in [0.2, 0.25) is 0 Å². The molecule has 1 aromatic carbocycles. The van der Waals surface area contributed by atoms with Crippen molar-refractivity contribution < 1.29 is 18.0 Å². The fraction of sp³-hybridized carbons (Fsp3) is 0.571. The van der Waals surface area contributed by atoms with Gasteiger partial charge in [0.25, 0.3) is 0 Å². The average Bonchev–Trinajstić information content (AvgIpc) is 3.30. The Kier molecular flexibility index (Phi) is 5.64. The SMILES string of the molecule is CO[C@H]1CN(C2CCN(c3ccc(F)c(F)c3)CC2)C[C@H]1Cc1cc(C)no1. The molecule has 152 valence electrons. The molecule has 5 nitrogen and oxygen atoms in total. The van der Waals surface area contributed by atoms with Crippen molar-refractivity contribution in [3.8, 4) is 0 Å². The van der Waals surface area contributed by atoms with Crippen molar-refractivity contribution in [3.05, 3.63) is 47.4 Å². The number of aromatic nitrogens is 1. The highest BCUT2D eigenvalue weighted by Gasteiger charge is 2.38. The molecule has 2 fully saturated rings. The third kappa shape index (κ3) is 4.05. The van der Waals surface area contributed by atoms with Crippen LogP contribution in [0.25, 0.3) is 0 Å². The second-order valence-corrected chi connectivity index (χ2v) is 7.94. The molecule has 2 aliphatic rings. The van der Waals surface area contributed by atoms with E-state index in [9.17, 15) is 8.78 Å². The van der Waals surface area contributed by atoms with Gasteiger partial charge in [0.15, 0.2) is 11.6 Å². The molecule has 2 atom stereocenters. The van der Waals surface area contributed by atoms with Crippen LogP contribution in [0, 0.1) is 24.5 Å². The zero-order chi connectivity index (χ0) is 19.7. The minimum absolute atomic E-state index is 0.189. The van der Waals surface area contributed by atoms with Crippen molar-refractivity contribution >= 4 is 5.69 Å². The Hall–Kier alpha value is -1.99. The van der Waals surface area contributed by atoms with E-state index in [1.54, 1.807) is 13.2 Å². The van der Waals surface area contributed by atoms with Gasteiger partial charge < -0.3 is 14.2 Å². The molecule has 2 aromatic rings. The van der Waals surface area contributed by atoms with Crippen LogP contribution in [0.3, 0.4) is 0 Å². The van der Waals surface area contributed by atoms with E-state index < -0.39 is 11.6 Å². The van der Waals surface area contributed by atoms with Crippen LogP contribution < -0.4 is 4.90 Å². The number of rotatable bonds is 5. The number of aryl methyl sites for hydroxylation is 1. The first-order valence-corrected chi connectivity index (χ1v) is 9.92.